The van der Waals surface area contributed by atoms with Gasteiger partial charge in [0.05, 0.1) is 6.07 Å². The van der Waals surface area contributed by atoms with E-state index in [2.05, 4.69) is 6.07 Å². The second-order valence-corrected chi connectivity index (χ2v) is 4.84. The van der Waals surface area contributed by atoms with Crippen LogP contribution in [-0.4, -0.2) is 9.96 Å². The van der Waals surface area contributed by atoms with Crippen molar-refractivity contribution >= 4 is 10.8 Å². The lowest BCUT2D eigenvalue weighted by molar-refractivity contribution is 0.684. The Hall–Kier alpha value is -1.14. The minimum atomic E-state index is -1.05. The second kappa shape index (κ2) is 4.92. The SMILES string of the molecule is Cc1cc(C)cc(CS(=O)CC#N)c1. The summed E-state index contributed by atoms with van der Waals surface area (Å²) in [6.45, 7) is 4.04. The molecule has 3 heteroatoms. The highest BCUT2D eigenvalue weighted by Crippen LogP contribution is 2.10. The van der Waals surface area contributed by atoms with E-state index in [1.54, 1.807) is 0 Å². The number of rotatable bonds is 3. The lowest BCUT2D eigenvalue weighted by Gasteiger charge is -2.03. The molecule has 1 atom stereocenters. The van der Waals surface area contributed by atoms with Crippen molar-refractivity contribution in [1.29, 1.82) is 5.26 Å². The summed E-state index contributed by atoms with van der Waals surface area (Å²) < 4.78 is 11.3. The highest BCUT2D eigenvalue weighted by molar-refractivity contribution is 7.84. The predicted octanol–water partition coefficient (Wildman–Crippen LogP) is 2.08. The number of benzene rings is 1. The number of hydrogen-bond donors (Lipinski definition) is 0. The molecule has 1 aromatic carbocycles. The Balaban J connectivity index is 2.77. The van der Waals surface area contributed by atoms with Crippen molar-refractivity contribution in [2.75, 3.05) is 5.75 Å². The Labute approximate surface area is 87.0 Å². The van der Waals surface area contributed by atoms with Crippen LogP contribution >= 0.6 is 0 Å². The van der Waals surface area contributed by atoms with E-state index in [0.717, 1.165) is 5.56 Å². The molecular formula is C11H13NOS. The topological polar surface area (TPSA) is 40.9 Å². The average molecular weight is 207 g/mol. The first kappa shape index (κ1) is 10.9. The third-order valence-corrected chi connectivity index (χ3v) is 2.94. The lowest BCUT2D eigenvalue weighted by Crippen LogP contribution is -1.99. The van der Waals surface area contributed by atoms with Crippen LogP contribution in [0.5, 0.6) is 0 Å². The van der Waals surface area contributed by atoms with Crippen LogP contribution in [0.15, 0.2) is 18.2 Å². The lowest BCUT2D eigenvalue weighted by atomic mass is 10.1. The summed E-state index contributed by atoms with van der Waals surface area (Å²) in [7, 11) is -1.05. The number of hydrogen-bond acceptors (Lipinski definition) is 2. The Morgan fingerprint density at radius 3 is 2.36 bits per heavy atom. The van der Waals surface area contributed by atoms with Gasteiger partial charge in [-0.25, -0.2) is 0 Å². The summed E-state index contributed by atoms with van der Waals surface area (Å²) in [5, 5.41) is 8.38. The van der Waals surface area contributed by atoms with Crippen LogP contribution in [-0.2, 0) is 16.6 Å². The van der Waals surface area contributed by atoms with E-state index in [1.165, 1.54) is 11.1 Å². The van der Waals surface area contributed by atoms with Crippen LogP contribution in [0.3, 0.4) is 0 Å². The number of aryl methyl sites for hydroxylation is 2. The van der Waals surface area contributed by atoms with Crippen molar-refractivity contribution in [3.8, 4) is 6.07 Å². The van der Waals surface area contributed by atoms with Crippen molar-refractivity contribution in [3.63, 3.8) is 0 Å². The quantitative estimate of drug-likeness (QED) is 0.761. The molecule has 14 heavy (non-hydrogen) atoms. The monoisotopic (exact) mass is 207 g/mol. The Bertz CT molecular complexity index is 373. The van der Waals surface area contributed by atoms with E-state index in [9.17, 15) is 4.21 Å². The van der Waals surface area contributed by atoms with Crippen LogP contribution in [0, 0.1) is 25.2 Å². The summed E-state index contributed by atoms with van der Waals surface area (Å²) in [5.74, 6) is 0.600. The summed E-state index contributed by atoms with van der Waals surface area (Å²) in [6, 6.07) is 8.03. The number of nitriles is 1. The predicted molar refractivity (Wildman–Crippen MR) is 58.2 cm³/mol. The summed E-state index contributed by atoms with van der Waals surface area (Å²) in [4.78, 5) is 0. The van der Waals surface area contributed by atoms with Gasteiger partial charge in [0.15, 0.2) is 0 Å². The third kappa shape index (κ3) is 3.31. The smallest absolute Gasteiger partial charge is 0.111 e. The molecule has 0 aliphatic heterocycles. The van der Waals surface area contributed by atoms with E-state index < -0.39 is 10.8 Å². The van der Waals surface area contributed by atoms with E-state index in [1.807, 2.05) is 32.0 Å². The molecule has 1 aromatic rings. The van der Waals surface area contributed by atoms with Gasteiger partial charge in [-0.1, -0.05) is 29.3 Å². The second-order valence-electron chi connectivity index (χ2n) is 3.38. The van der Waals surface area contributed by atoms with Gasteiger partial charge in [-0.3, -0.25) is 4.21 Å². The highest BCUT2D eigenvalue weighted by atomic mass is 32.2. The minimum absolute atomic E-state index is 0.118. The maximum Gasteiger partial charge on any atom is 0.111 e. The van der Waals surface area contributed by atoms with Gasteiger partial charge in [0, 0.05) is 16.6 Å². The molecule has 0 amide bonds. The zero-order valence-corrected chi connectivity index (χ0v) is 9.23. The highest BCUT2D eigenvalue weighted by Gasteiger charge is 2.02. The van der Waals surface area contributed by atoms with Gasteiger partial charge in [-0.15, -0.1) is 0 Å². The van der Waals surface area contributed by atoms with Crippen LogP contribution in [0.25, 0.3) is 0 Å². The van der Waals surface area contributed by atoms with Crippen molar-refractivity contribution in [2.24, 2.45) is 0 Å². The molecule has 0 aliphatic rings. The van der Waals surface area contributed by atoms with Crippen molar-refractivity contribution in [2.45, 2.75) is 19.6 Å². The molecule has 0 aliphatic carbocycles. The molecule has 0 N–H and O–H groups in total. The molecule has 2 nitrogen and oxygen atoms in total. The van der Waals surface area contributed by atoms with Gasteiger partial charge < -0.3 is 0 Å². The Kier molecular flexibility index (Phi) is 3.84. The maximum atomic E-state index is 11.3. The van der Waals surface area contributed by atoms with Crippen molar-refractivity contribution in [3.05, 3.63) is 34.9 Å². The molecule has 0 spiro atoms. The Morgan fingerprint density at radius 2 is 1.86 bits per heavy atom. The molecular weight excluding hydrogens is 194 g/mol. The normalized spacial score (nSPS) is 12.1. The summed E-state index contributed by atoms with van der Waals surface area (Å²) in [5.41, 5.74) is 3.40. The molecule has 1 rings (SSSR count). The standard InChI is InChI=1S/C11H13NOS/c1-9-5-10(2)7-11(6-9)8-14(13)4-3-12/h5-7H,4,8H2,1-2H3. The van der Waals surface area contributed by atoms with E-state index in [-0.39, 0.29) is 5.75 Å². The zero-order valence-electron chi connectivity index (χ0n) is 8.41. The van der Waals surface area contributed by atoms with Gasteiger partial charge in [0.2, 0.25) is 0 Å². The van der Waals surface area contributed by atoms with E-state index in [4.69, 9.17) is 5.26 Å². The molecule has 74 valence electrons. The van der Waals surface area contributed by atoms with Gasteiger partial charge in [0.1, 0.15) is 5.75 Å². The van der Waals surface area contributed by atoms with Crippen LogP contribution in [0.4, 0.5) is 0 Å². The van der Waals surface area contributed by atoms with Crippen molar-refractivity contribution < 1.29 is 4.21 Å². The fraction of sp³-hybridized carbons (Fsp3) is 0.364. The molecule has 0 fully saturated rings. The van der Waals surface area contributed by atoms with Crippen LogP contribution < -0.4 is 0 Å². The van der Waals surface area contributed by atoms with Gasteiger partial charge in [0.25, 0.3) is 0 Å². The molecule has 0 radical (unpaired) electrons. The summed E-state index contributed by atoms with van der Waals surface area (Å²) >= 11 is 0. The molecule has 0 aromatic heterocycles. The zero-order chi connectivity index (χ0) is 10.6. The third-order valence-electron chi connectivity index (χ3n) is 1.83. The molecule has 0 saturated carbocycles. The fourth-order valence-corrected chi connectivity index (χ4v) is 2.25. The molecule has 0 heterocycles. The molecule has 1 unspecified atom stereocenters. The first-order chi connectivity index (χ1) is 6.61. The minimum Gasteiger partial charge on any atom is -0.258 e. The largest absolute Gasteiger partial charge is 0.258 e. The van der Waals surface area contributed by atoms with Gasteiger partial charge in [-0.2, -0.15) is 5.26 Å². The summed E-state index contributed by atoms with van der Waals surface area (Å²) in [6.07, 6.45) is 0. The Morgan fingerprint density at radius 1 is 1.29 bits per heavy atom. The molecule has 0 bridgehead atoms. The number of nitrogens with zero attached hydrogens (tertiary/aromatic N) is 1. The van der Waals surface area contributed by atoms with Crippen LogP contribution in [0.1, 0.15) is 16.7 Å². The average Bonchev–Trinajstić information content (AvgIpc) is 2.01. The van der Waals surface area contributed by atoms with E-state index in [0.29, 0.717) is 5.75 Å². The maximum absolute atomic E-state index is 11.3. The van der Waals surface area contributed by atoms with E-state index >= 15 is 0 Å². The first-order valence-corrected chi connectivity index (χ1v) is 5.89. The van der Waals surface area contributed by atoms with Crippen molar-refractivity contribution in [1.82, 2.24) is 0 Å². The van der Waals surface area contributed by atoms with Gasteiger partial charge >= 0.3 is 0 Å². The fourth-order valence-electron chi connectivity index (χ4n) is 1.46. The van der Waals surface area contributed by atoms with Crippen LogP contribution in [0.2, 0.25) is 0 Å². The van der Waals surface area contributed by atoms with Gasteiger partial charge in [-0.05, 0) is 19.4 Å². The first-order valence-electron chi connectivity index (χ1n) is 4.41. The molecule has 0 saturated heterocycles.